The van der Waals surface area contributed by atoms with E-state index in [-0.39, 0.29) is 0 Å². The van der Waals surface area contributed by atoms with E-state index >= 15 is 0 Å². The van der Waals surface area contributed by atoms with Crippen molar-refractivity contribution in [2.75, 3.05) is 0 Å². The van der Waals surface area contributed by atoms with E-state index in [1.807, 2.05) is 24.3 Å². The summed E-state index contributed by atoms with van der Waals surface area (Å²) in [6.07, 6.45) is 0. The molecule has 0 spiro atoms. The van der Waals surface area contributed by atoms with Gasteiger partial charge in [-0.25, -0.2) is 0 Å². The van der Waals surface area contributed by atoms with Crippen LogP contribution in [-0.4, -0.2) is 17.4 Å². The Hall–Kier alpha value is -3.86. The van der Waals surface area contributed by atoms with Crippen LogP contribution < -0.4 is 4.65 Å². The molecule has 2 N–H and O–H groups in total. The van der Waals surface area contributed by atoms with Crippen molar-refractivity contribution in [2.45, 2.75) is 0 Å². The third-order valence-electron chi connectivity index (χ3n) is 6.09. The molecule has 6 aromatic carbocycles. The third-order valence-corrected chi connectivity index (χ3v) is 6.09. The van der Waals surface area contributed by atoms with E-state index in [1.54, 1.807) is 6.07 Å². The molecule has 0 radical (unpaired) electrons. The Morgan fingerprint density at radius 2 is 1.16 bits per heavy atom. The summed E-state index contributed by atoms with van der Waals surface area (Å²) in [5.41, 5.74) is 2.21. The molecule has 0 fully saturated rings. The van der Waals surface area contributed by atoms with E-state index in [4.69, 9.17) is 4.65 Å². The molecular weight excluding hydrogens is 395 g/mol. The second kappa shape index (κ2) is 7.38. The van der Waals surface area contributed by atoms with Gasteiger partial charge in [-0.3, -0.25) is 0 Å². The van der Waals surface area contributed by atoms with Crippen molar-refractivity contribution in [3.63, 3.8) is 0 Å². The number of rotatable bonds is 3. The molecule has 0 aliphatic rings. The minimum atomic E-state index is -1.87. The molecular formula is C28H19BO3. The van der Waals surface area contributed by atoms with Crippen LogP contribution in [0, 0.1) is 0 Å². The Morgan fingerprint density at radius 1 is 0.500 bits per heavy atom. The lowest BCUT2D eigenvalue weighted by Gasteiger charge is -2.16. The van der Waals surface area contributed by atoms with Gasteiger partial charge in [0.2, 0.25) is 0 Å². The Bertz CT molecular complexity index is 1640. The minimum Gasteiger partial charge on any atom is -0.512 e. The fourth-order valence-corrected chi connectivity index (χ4v) is 4.68. The summed E-state index contributed by atoms with van der Waals surface area (Å²) in [6.45, 7) is 0. The van der Waals surface area contributed by atoms with E-state index in [9.17, 15) is 10.0 Å². The number of fused-ring (bicyclic) bond motifs is 4. The first kappa shape index (κ1) is 18.9. The van der Waals surface area contributed by atoms with Gasteiger partial charge < -0.3 is 14.7 Å². The summed E-state index contributed by atoms with van der Waals surface area (Å²) in [7, 11) is -1.87. The minimum absolute atomic E-state index is 0.441. The monoisotopic (exact) mass is 414 g/mol. The maximum absolute atomic E-state index is 9.40. The van der Waals surface area contributed by atoms with Crippen LogP contribution in [-0.2, 0) is 0 Å². The van der Waals surface area contributed by atoms with Crippen molar-refractivity contribution in [3.05, 3.63) is 103 Å². The first-order valence-corrected chi connectivity index (χ1v) is 10.6. The van der Waals surface area contributed by atoms with Crippen molar-refractivity contribution in [2.24, 2.45) is 0 Å². The van der Waals surface area contributed by atoms with E-state index in [0.717, 1.165) is 32.7 Å². The molecule has 32 heavy (non-hydrogen) atoms. The van der Waals surface area contributed by atoms with Gasteiger partial charge in [0.1, 0.15) is 5.75 Å². The van der Waals surface area contributed by atoms with Crippen LogP contribution in [0.5, 0.6) is 5.75 Å². The molecule has 6 aromatic rings. The molecule has 6 rings (SSSR count). The second-order valence-corrected chi connectivity index (χ2v) is 8.03. The average molecular weight is 414 g/mol. The molecule has 0 bridgehead atoms. The maximum atomic E-state index is 9.40. The van der Waals surface area contributed by atoms with Crippen LogP contribution in [0.25, 0.3) is 54.2 Å². The Morgan fingerprint density at radius 3 is 1.94 bits per heavy atom. The van der Waals surface area contributed by atoms with Gasteiger partial charge >= 0.3 is 7.32 Å². The predicted molar refractivity (Wildman–Crippen MR) is 133 cm³/mol. The highest BCUT2D eigenvalue weighted by Gasteiger charge is 2.17. The molecule has 0 saturated carbocycles. The van der Waals surface area contributed by atoms with Crippen molar-refractivity contribution in [3.8, 4) is 16.9 Å². The predicted octanol–water partition coefficient (Wildman–Crippen LogP) is 6.31. The zero-order valence-electron chi connectivity index (χ0n) is 17.2. The van der Waals surface area contributed by atoms with Crippen molar-refractivity contribution < 1.29 is 14.7 Å². The molecule has 0 amide bonds. The van der Waals surface area contributed by atoms with Crippen LogP contribution in [0.4, 0.5) is 0 Å². The Labute approximate surface area is 185 Å². The average Bonchev–Trinajstić information content (AvgIpc) is 2.81. The van der Waals surface area contributed by atoms with E-state index < -0.39 is 7.32 Å². The smallest absolute Gasteiger partial charge is 0.512 e. The summed E-state index contributed by atoms with van der Waals surface area (Å²) < 4.78 is 5.30. The van der Waals surface area contributed by atoms with E-state index in [1.165, 1.54) is 21.5 Å². The van der Waals surface area contributed by atoms with Crippen molar-refractivity contribution in [1.82, 2.24) is 0 Å². The van der Waals surface area contributed by atoms with Gasteiger partial charge in [-0.05, 0) is 79.2 Å². The molecule has 4 heteroatoms. The molecule has 152 valence electrons. The van der Waals surface area contributed by atoms with Gasteiger partial charge in [0.05, 0.1) is 0 Å². The molecule has 0 heterocycles. The SMILES string of the molecule is OB(O)Oc1cccc2c(-c3ccc4cc5ccccc5cc4c3)c3ccccc3cc12. The fraction of sp³-hybridized carbons (Fsp3) is 0. The fourth-order valence-electron chi connectivity index (χ4n) is 4.68. The van der Waals surface area contributed by atoms with Crippen LogP contribution >= 0.6 is 0 Å². The molecule has 0 atom stereocenters. The van der Waals surface area contributed by atoms with Gasteiger partial charge in [-0.15, -0.1) is 0 Å². The lowest BCUT2D eigenvalue weighted by Crippen LogP contribution is -2.20. The summed E-state index contributed by atoms with van der Waals surface area (Å²) in [5.74, 6) is 0.441. The quantitative estimate of drug-likeness (QED) is 0.263. The molecule has 0 aromatic heterocycles. The zero-order valence-corrected chi connectivity index (χ0v) is 17.2. The first-order valence-electron chi connectivity index (χ1n) is 10.6. The normalized spacial score (nSPS) is 11.4. The van der Waals surface area contributed by atoms with E-state index in [2.05, 4.69) is 72.8 Å². The number of benzene rings is 6. The standard InChI is InChI=1S/C28H19BO3/c30-29(31)32-27-11-5-10-25-26(27)17-21-8-3-4-9-24(21)28(25)22-13-12-20-14-18-6-1-2-7-19(18)15-23(20)16-22/h1-17,30-31H. The summed E-state index contributed by atoms with van der Waals surface area (Å²) >= 11 is 0. The second-order valence-electron chi connectivity index (χ2n) is 8.03. The lowest BCUT2D eigenvalue weighted by molar-refractivity contribution is 0.289. The summed E-state index contributed by atoms with van der Waals surface area (Å²) in [6, 6.07) is 35.4. The van der Waals surface area contributed by atoms with Gasteiger partial charge in [0.15, 0.2) is 0 Å². The van der Waals surface area contributed by atoms with Crippen molar-refractivity contribution >= 4 is 50.4 Å². The number of hydrogen-bond acceptors (Lipinski definition) is 3. The van der Waals surface area contributed by atoms with Gasteiger partial charge in [-0.2, -0.15) is 0 Å². The molecule has 3 nitrogen and oxygen atoms in total. The highest BCUT2D eigenvalue weighted by atomic mass is 16.6. The summed E-state index contributed by atoms with van der Waals surface area (Å²) in [5, 5.41) is 27.7. The maximum Gasteiger partial charge on any atom is 0.707 e. The van der Waals surface area contributed by atoms with Gasteiger partial charge in [0, 0.05) is 5.39 Å². The van der Waals surface area contributed by atoms with Crippen LogP contribution in [0.2, 0.25) is 0 Å². The summed E-state index contributed by atoms with van der Waals surface area (Å²) in [4.78, 5) is 0. The first-order chi connectivity index (χ1) is 15.7. The van der Waals surface area contributed by atoms with Crippen LogP contribution in [0.15, 0.2) is 103 Å². The van der Waals surface area contributed by atoms with E-state index in [0.29, 0.717) is 5.75 Å². The zero-order chi connectivity index (χ0) is 21.7. The van der Waals surface area contributed by atoms with Gasteiger partial charge in [0.25, 0.3) is 0 Å². The van der Waals surface area contributed by atoms with Gasteiger partial charge in [-0.1, -0.05) is 72.8 Å². The van der Waals surface area contributed by atoms with Crippen LogP contribution in [0.3, 0.4) is 0 Å². The topological polar surface area (TPSA) is 49.7 Å². The highest BCUT2D eigenvalue weighted by molar-refractivity contribution is 6.34. The molecule has 0 unspecified atom stereocenters. The third kappa shape index (κ3) is 3.09. The Kier molecular flexibility index (Phi) is 4.35. The molecule has 0 saturated heterocycles. The molecule has 0 aliphatic heterocycles. The largest absolute Gasteiger partial charge is 0.707 e. The lowest BCUT2D eigenvalue weighted by atomic mass is 9.90. The van der Waals surface area contributed by atoms with Crippen LogP contribution in [0.1, 0.15) is 0 Å². The Balaban J connectivity index is 1.68. The molecule has 0 aliphatic carbocycles. The van der Waals surface area contributed by atoms with Crippen molar-refractivity contribution in [1.29, 1.82) is 0 Å². The number of hydrogen-bond donors (Lipinski definition) is 2. The highest BCUT2D eigenvalue weighted by Crippen LogP contribution is 2.40.